The second kappa shape index (κ2) is 15.1. The van der Waals surface area contributed by atoms with Crippen LogP contribution in [0.25, 0.3) is 0 Å². The van der Waals surface area contributed by atoms with Gasteiger partial charge in [0.05, 0.1) is 7.11 Å². The van der Waals surface area contributed by atoms with Gasteiger partial charge in [0.15, 0.2) is 0 Å². The standard InChI is InChI=1S/C21H18O2P.C12H23O.Y/c1-16-13-14-19(21(22)23-2)20(15-16)24(17-9-5-3-6-10-17)18-11-7-4-8-12-18;1-9(8-11(2,3)4)10(13)12(5,6)7;/h3-15H,1H2,2H3;9H,1,8H2,2-7H3;/q2*-1;. The number of hydrogen-bond acceptors (Lipinski definition) is 3. The minimum atomic E-state index is -0.862. The number of carbonyl (C=O) groups excluding carboxylic acids is 2. The molecule has 1 unspecified atom stereocenters. The number of hydrogen-bond donors (Lipinski definition) is 0. The van der Waals surface area contributed by atoms with Crippen LogP contribution in [0.15, 0.2) is 78.9 Å². The summed E-state index contributed by atoms with van der Waals surface area (Å²) in [5.74, 6) is -0.119. The Balaban J connectivity index is 0.000000444. The molecule has 0 amide bonds. The molecular weight excluding hydrogens is 564 g/mol. The molecule has 0 aliphatic carbocycles. The summed E-state index contributed by atoms with van der Waals surface area (Å²) in [6.45, 7) is 20.3. The molecule has 0 saturated carbocycles. The largest absolute Gasteiger partial charge is 0.465 e. The van der Waals surface area contributed by atoms with Crippen molar-refractivity contribution in [2.24, 2.45) is 16.7 Å². The van der Waals surface area contributed by atoms with Crippen molar-refractivity contribution in [3.8, 4) is 0 Å². The van der Waals surface area contributed by atoms with Crippen LogP contribution >= 0.6 is 7.92 Å². The summed E-state index contributed by atoms with van der Waals surface area (Å²) in [5, 5.41) is 3.35. The van der Waals surface area contributed by atoms with E-state index < -0.39 is 7.92 Å². The molecule has 5 heteroatoms. The SMILES string of the molecule is [CH2-]C(CC(C)(C)C)C(=O)C(C)(C)C.[CH2-]c1ccc(C(=O)OC)c(P(c2ccccc2)c2ccccc2)c1.[Y]. The van der Waals surface area contributed by atoms with Gasteiger partial charge in [-0.25, -0.2) is 4.79 Å². The van der Waals surface area contributed by atoms with E-state index in [1.807, 2.05) is 75.4 Å². The van der Waals surface area contributed by atoms with Gasteiger partial charge in [0, 0.05) is 43.7 Å². The van der Waals surface area contributed by atoms with E-state index in [9.17, 15) is 9.59 Å². The summed E-state index contributed by atoms with van der Waals surface area (Å²) in [6, 6.07) is 26.2. The molecule has 201 valence electrons. The van der Waals surface area contributed by atoms with Gasteiger partial charge in [-0.1, -0.05) is 114 Å². The fraction of sp³-hybridized carbons (Fsp3) is 0.333. The number of methoxy groups -OCH3 is 1. The van der Waals surface area contributed by atoms with Crippen LogP contribution < -0.4 is 15.9 Å². The van der Waals surface area contributed by atoms with E-state index in [2.05, 4.69) is 58.9 Å². The van der Waals surface area contributed by atoms with Crippen molar-refractivity contribution in [2.45, 2.75) is 48.0 Å². The van der Waals surface area contributed by atoms with Gasteiger partial charge in [0.25, 0.3) is 0 Å². The van der Waals surface area contributed by atoms with Crippen LogP contribution in [-0.2, 0) is 42.2 Å². The van der Waals surface area contributed by atoms with Gasteiger partial charge >= 0.3 is 5.97 Å². The molecule has 0 bridgehead atoms. The van der Waals surface area contributed by atoms with Crippen molar-refractivity contribution < 1.29 is 47.0 Å². The van der Waals surface area contributed by atoms with E-state index in [0.29, 0.717) is 5.56 Å². The molecule has 0 aliphatic heterocycles. The third-order valence-electron chi connectivity index (χ3n) is 5.71. The summed E-state index contributed by atoms with van der Waals surface area (Å²) in [6.07, 6.45) is 0.864. The number of carbonyl (C=O) groups is 2. The quantitative estimate of drug-likeness (QED) is 0.175. The van der Waals surface area contributed by atoms with Gasteiger partial charge in [-0.15, -0.1) is 12.0 Å². The Bertz CT molecular complexity index is 1120. The van der Waals surface area contributed by atoms with E-state index in [-0.39, 0.29) is 61.2 Å². The summed E-state index contributed by atoms with van der Waals surface area (Å²) < 4.78 is 4.99. The van der Waals surface area contributed by atoms with E-state index in [1.54, 1.807) is 0 Å². The minimum absolute atomic E-state index is 0. The van der Waals surface area contributed by atoms with Gasteiger partial charge in [-0.3, -0.25) is 0 Å². The van der Waals surface area contributed by atoms with Gasteiger partial charge in [-0.2, -0.15) is 24.6 Å². The van der Waals surface area contributed by atoms with E-state index in [4.69, 9.17) is 4.74 Å². The Hall–Kier alpha value is -1.80. The number of benzene rings is 3. The molecule has 3 rings (SSSR count). The zero-order valence-electron chi connectivity index (χ0n) is 24.0. The third kappa shape index (κ3) is 10.4. The summed E-state index contributed by atoms with van der Waals surface area (Å²) in [5.41, 5.74) is 1.42. The summed E-state index contributed by atoms with van der Waals surface area (Å²) >= 11 is 0. The predicted molar refractivity (Wildman–Crippen MR) is 158 cm³/mol. The van der Waals surface area contributed by atoms with Crippen LogP contribution in [0, 0.1) is 30.6 Å². The number of esters is 1. The van der Waals surface area contributed by atoms with Crippen LogP contribution in [0.3, 0.4) is 0 Å². The molecule has 0 fully saturated rings. The first-order chi connectivity index (χ1) is 17.2. The average molecular weight is 606 g/mol. The molecule has 3 nitrogen and oxygen atoms in total. The first-order valence-electron chi connectivity index (χ1n) is 12.6. The average Bonchev–Trinajstić information content (AvgIpc) is 2.83. The number of Topliss-reactive ketones (excluding diaryl/α,β-unsaturated/α-hetero) is 1. The van der Waals surface area contributed by atoms with E-state index in [1.165, 1.54) is 17.7 Å². The van der Waals surface area contributed by atoms with E-state index >= 15 is 0 Å². The Kier molecular flexibility index (Phi) is 13.6. The maximum atomic E-state index is 12.3. The molecule has 1 radical (unpaired) electrons. The van der Waals surface area contributed by atoms with Crippen LogP contribution in [0.1, 0.15) is 63.9 Å². The van der Waals surface area contributed by atoms with Gasteiger partial charge < -0.3 is 16.5 Å². The fourth-order valence-corrected chi connectivity index (χ4v) is 6.57. The molecule has 0 heterocycles. The monoisotopic (exact) mass is 605 g/mol. The molecule has 38 heavy (non-hydrogen) atoms. The zero-order chi connectivity index (χ0) is 27.8. The topological polar surface area (TPSA) is 43.4 Å². The van der Waals surface area contributed by atoms with Crippen molar-refractivity contribution in [3.05, 3.63) is 104 Å². The fourth-order valence-electron chi connectivity index (χ4n) is 4.07. The smallest absolute Gasteiger partial charge is 0.336 e. The van der Waals surface area contributed by atoms with Crippen LogP contribution in [0.4, 0.5) is 0 Å². The Morgan fingerprint density at radius 1 is 0.842 bits per heavy atom. The third-order valence-corrected chi connectivity index (χ3v) is 8.19. The molecule has 0 saturated heterocycles. The Labute approximate surface area is 256 Å². The predicted octanol–water partition coefficient (Wildman–Crippen LogP) is 6.90. The van der Waals surface area contributed by atoms with Crippen LogP contribution in [-0.4, -0.2) is 18.9 Å². The second-order valence-corrected chi connectivity index (χ2v) is 13.6. The maximum Gasteiger partial charge on any atom is 0.336 e. The summed E-state index contributed by atoms with van der Waals surface area (Å²) in [7, 11) is 0.552. The first kappa shape index (κ1) is 34.2. The molecule has 0 aromatic heterocycles. The van der Waals surface area contributed by atoms with Crippen molar-refractivity contribution in [1.82, 2.24) is 0 Å². The molecule has 3 aromatic carbocycles. The molecule has 1 atom stereocenters. The number of ketones is 1. The van der Waals surface area contributed by atoms with Crippen molar-refractivity contribution in [1.29, 1.82) is 0 Å². The number of ether oxygens (including phenoxy) is 1. The second-order valence-electron chi connectivity index (χ2n) is 11.4. The molecule has 0 aliphatic rings. The van der Waals surface area contributed by atoms with Crippen molar-refractivity contribution >= 4 is 35.6 Å². The van der Waals surface area contributed by atoms with Gasteiger partial charge in [-0.05, 0) is 23.9 Å². The molecule has 0 spiro atoms. The number of rotatable bonds is 6. The van der Waals surface area contributed by atoms with Crippen molar-refractivity contribution in [3.63, 3.8) is 0 Å². The maximum absolute atomic E-state index is 12.3. The van der Waals surface area contributed by atoms with Crippen molar-refractivity contribution in [2.75, 3.05) is 7.11 Å². The molecule has 3 aromatic rings. The molecular formula is C33H41O3PY-2. The Morgan fingerprint density at radius 3 is 1.71 bits per heavy atom. The zero-order valence-corrected chi connectivity index (χ0v) is 27.7. The van der Waals surface area contributed by atoms with E-state index in [0.717, 1.165) is 17.3 Å². The molecule has 0 N–H and O–H groups in total. The Morgan fingerprint density at radius 2 is 1.32 bits per heavy atom. The van der Waals surface area contributed by atoms with Crippen LogP contribution in [0.2, 0.25) is 0 Å². The first-order valence-corrected chi connectivity index (χ1v) is 13.9. The minimum Gasteiger partial charge on any atom is -0.465 e. The van der Waals surface area contributed by atoms with Gasteiger partial charge in [0.2, 0.25) is 0 Å². The normalized spacial score (nSPS) is 12.0. The summed E-state index contributed by atoms with van der Waals surface area (Å²) in [4.78, 5) is 24.1. The van der Waals surface area contributed by atoms with Crippen LogP contribution in [0.5, 0.6) is 0 Å². The van der Waals surface area contributed by atoms with Gasteiger partial charge in [0.1, 0.15) is 5.78 Å².